The maximum atomic E-state index is 13.7. The number of allylic oxidation sites excluding steroid dienone is 1. The van der Waals surface area contributed by atoms with E-state index in [-0.39, 0.29) is 37.2 Å². The van der Waals surface area contributed by atoms with E-state index in [9.17, 15) is 37.1 Å². The van der Waals surface area contributed by atoms with Crippen molar-refractivity contribution in [3.05, 3.63) is 41.0 Å². The smallest absolute Gasteiger partial charge is 0.407 e. The molecule has 0 heterocycles. The molecule has 0 aromatic heterocycles. The number of aliphatic hydroxyl groups excluding tert-OH is 1. The fraction of sp³-hybridized carbons (Fsp3) is 0.738. The van der Waals surface area contributed by atoms with Gasteiger partial charge in [0.2, 0.25) is 17.4 Å². The largest absolute Gasteiger partial charge is 0.466 e. The number of rotatable bonds is 15. The van der Waals surface area contributed by atoms with E-state index in [0.717, 1.165) is 55.3 Å². The first kappa shape index (κ1) is 42.0. The van der Waals surface area contributed by atoms with Crippen LogP contribution in [0.3, 0.4) is 0 Å². The van der Waals surface area contributed by atoms with Crippen molar-refractivity contribution in [3.8, 4) is 5.75 Å². The lowest BCUT2D eigenvalue weighted by molar-refractivity contribution is -0.147. The molecule has 0 aliphatic heterocycles. The molecule has 2 N–H and O–H groups in total. The van der Waals surface area contributed by atoms with E-state index in [1.54, 1.807) is 0 Å². The predicted octanol–water partition coefficient (Wildman–Crippen LogP) is 9.36. The number of hydrogen-bond donors (Lipinski definition) is 2. The molecule has 4 aliphatic rings. The average molecular weight is 766 g/mol. The first-order valence-electron chi connectivity index (χ1n) is 20.0. The molecule has 0 radical (unpaired) electrons. The molecule has 0 bridgehead atoms. The van der Waals surface area contributed by atoms with Crippen LogP contribution in [0.1, 0.15) is 125 Å². The summed E-state index contributed by atoms with van der Waals surface area (Å²) in [4.78, 5) is 36.5. The van der Waals surface area contributed by atoms with E-state index in [2.05, 4.69) is 50.7 Å². The summed E-state index contributed by atoms with van der Waals surface area (Å²) in [5, 5.41) is 12.9. The highest BCUT2D eigenvalue weighted by Gasteiger charge is 2.59. The Labute approximate surface area is 317 Å². The minimum absolute atomic E-state index is 0.0233. The Balaban J connectivity index is 1.00. The quantitative estimate of drug-likeness (QED) is 0.0602. The van der Waals surface area contributed by atoms with Gasteiger partial charge in [-0.1, -0.05) is 65.5 Å². The molecule has 1 amide bonds. The number of esters is 2. The zero-order valence-corrected chi connectivity index (χ0v) is 32.5. The number of nitrogens with one attached hydrogen (secondary N) is 1. The van der Waals surface area contributed by atoms with Crippen LogP contribution in [-0.4, -0.2) is 48.5 Å². The van der Waals surface area contributed by atoms with Gasteiger partial charge in [-0.15, -0.1) is 0 Å². The average Bonchev–Trinajstić information content (AvgIpc) is 3.48. The summed E-state index contributed by atoms with van der Waals surface area (Å²) in [6.45, 7) is 11.8. The number of ether oxygens (including phenoxy) is 3. The number of carbonyl (C=O) groups excluding carboxylic acids is 3. The normalized spacial score (nSPS) is 30.0. The van der Waals surface area contributed by atoms with Crippen LogP contribution in [-0.2, 0) is 19.1 Å². The van der Waals surface area contributed by atoms with Crippen LogP contribution >= 0.6 is 0 Å². The standard InChI is InChI=1S/C42H59F4NO7/c1-24(2)7-6-8-25(3)30-11-12-31-29-10-9-26-21-28(15-18-41(26,4)32(29)16-19-42(30,31)5)53-40(51)47-23-27(48)17-20-52-35(49)13-14-36(50)54-39-37(45)33(43)22-34(44)38(39)46/h9,22,24-25,27-32,48H,6-8,10-21,23H2,1-5H3,(H,47,51)/t25-,27?,28+,29+,30-,31+,32+,41+,42-/m1/s1. The van der Waals surface area contributed by atoms with Crippen molar-refractivity contribution in [1.82, 2.24) is 5.32 Å². The zero-order valence-electron chi connectivity index (χ0n) is 32.5. The summed E-state index contributed by atoms with van der Waals surface area (Å²) in [5.74, 6) is -6.41. The number of aliphatic hydroxyl groups is 1. The summed E-state index contributed by atoms with van der Waals surface area (Å²) in [5.41, 5.74) is 1.99. The van der Waals surface area contributed by atoms with Gasteiger partial charge in [0.1, 0.15) is 6.10 Å². The van der Waals surface area contributed by atoms with Crippen molar-refractivity contribution in [3.63, 3.8) is 0 Å². The predicted molar refractivity (Wildman–Crippen MR) is 194 cm³/mol. The highest BCUT2D eigenvalue weighted by atomic mass is 19.2. The number of benzene rings is 1. The molecular weight excluding hydrogens is 706 g/mol. The van der Waals surface area contributed by atoms with Crippen molar-refractivity contribution in [2.24, 2.45) is 46.3 Å². The van der Waals surface area contributed by atoms with Gasteiger partial charge in [-0.2, -0.15) is 8.78 Å². The Hall–Kier alpha value is -3.15. The second-order valence-corrected chi connectivity index (χ2v) is 17.4. The third kappa shape index (κ3) is 9.44. The van der Waals surface area contributed by atoms with E-state index in [1.165, 1.54) is 50.5 Å². The number of halogens is 4. The maximum Gasteiger partial charge on any atom is 0.407 e. The minimum atomic E-state index is -1.88. The van der Waals surface area contributed by atoms with Gasteiger partial charge in [0.15, 0.2) is 11.6 Å². The van der Waals surface area contributed by atoms with Crippen LogP contribution in [0, 0.1) is 69.6 Å². The van der Waals surface area contributed by atoms with Gasteiger partial charge in [0.05, 0.1) is 25.6 Å². The summed E-state index contributed by atoms with van der Waals surface area (Å²) in [6.07, 6.45) is 12.2. The van der Waals surface area contributed by atoms with Crippen molar-refractivity contribution in [2.45, 2.75) is 137 Å². The maximum absolute atomic E-state index is 13.7. The van der Waals surface area contributed by atoms with Gasteiger partial charge in [0, 0.05) is 25.5 Å². The van der Waals surface area contributed by atoms with Gasteiger partial charge >= 0.3 is 18.0 Å². The van der Waals surface area contributed by atoms with Gasteiger partial charge < -0.3 is 24.6 Å². The zero-order chi connectivity index (χ0) is 39.4. The second kappa shape index (κ2) is 17.8. The first-order chi connectivity index (χ1) is 25.5. The fourth-order valence-corrected chi connectivity index (χ4v) is 10.6. The van der Waals surface area contributed by atoms with Crippen LogP contribution in [0.2, 0.25) is 0 Å². The lowest BCUT2D eigenvalue weighted by atomic mass is 9.47. The molecule has 302 valence electrons. The molecule has 5 rings (SSSR count). The summed E-state index contributed by atoms with van der Waals surface area (Å²) >= 11 is 0. The number of amides is 1. The molecule has 1 aromatic carbocycles. The molecule has 1 aromatic rings. The number of hydrogen-bond acceptors (Lipinski definition) is 7. The van der Waals surface area contributed by atoms with Crippen molar-refractivity contribution in [2.75, 3.05) is 13.2 Å². The fourth-order valence-electron chi connectivity index (χ4n) is 10.6. The molecule has 0 spiro atoms. The van der Waals surface area contributed by atoms with E-state index >= 15 is 0 Å². The number of fused-ring (bicyclic) bond motifs is 5. The monoisotopic (exact) mass is 765 g/mol. The topological polar surface area (TPSA) is 111 Å². The highest BCUT2D eigenvalue weighted by molar-refractivity contribution is 5.79. The van der Waals surface area contributed by atoms with Gasteiger partial charge in [0.25, 0.3) is 0 Å². The molecule has 9 atom stereocenters. The molecule has 54 heavy (non-hydrogen) atoms. The van der Waals surface area contributed by atoms with Crippen molar-refractivity contribution >= 4 is 18.0 Å². The number of carbonyl (C=O) groups is 3. The summed E-state index contributed by atoms with van der Waals surface area (Å²) in [6, 6.07) is -0.0248. The van der Waals surface area contributed by atoms with Crippen LogP contribution in [0.4, 0.5) is 22.4 Å². The van der Waals surface area contributed by atoms with Crippen LogP contribution in [0.5, 0.6) is 5.75 Å². The Kier molecular flexibility index (Phi) is 13.8. The Morgan fingerprint density at radius 3 is 2.31 bits per heavy atom. The summed E-state index contributed by atoms with van der Waals surface area (Å²) in [7, 11) is 0. The van der Waals surface area contributed by atoms with E-state index in [1.807, 2.05) is 0 Å². The Morgan fingerprint density at radius 2 is 1.61 bits per heavy atom. The first-order valence-corrected chi connectivity index (χ1v) is 20.0. The van der Waals surface area contributed by atoms with Gasteiger partial charge in [-0.25, -0.2) is 13.6 Å². The molecule has 0 saturated heterocycles. The van der Waals surface area contributed by atoms with E-state index < -0.39 is 66.0 Å². The number of alkyl carbamates (subject to hydrolysis) is 1. The lowest BCUT2D eigenvalue weighted by Crippen LogP contribution is -2.51. The molecule has 3 fully saturated rings. The Bertz CT molecular complexity index is 1530. The van der Waals surface area contributed by atoms with Crippen LogP contribution in [0.15, 0.2) is 17.7 Å². The molecule has 4 aliphatic carbocycles. The SMILES string of the molecule is CC(C)CCC[C@@H](C)[C@H]1CC[C@H]2[C@@H]3CC=C4C[C@@H](OC(=O)NCC(O)CCOC(=O)CCC(=O)Oc5c(F)c(F)cc(F)c5F)CC[C@]4(C)[C@H]3CC[C@]12C. The molecule has 1 unspecified atom stereocenters. The third-order valence-corrected chi connectivity index (χ3v) is 13.6. The molecule has 12 heteroatoms. The van der Waals surface area contributed by atoms with Gasteiger partial charge in [-0.05, 0) is 91.3 Å². The molecule has 3 saturated carbocycles. The van der Waals surface area contributed by atoms with Crippen molar-refractivity contribution in [1.29, 1.82) is 0 Å². The van der Waals surface area contributed by atoms with E-state index in [4.69, 9.17) is 9.47 Å². The van der Waals surface area contributed by atoms with E-state index in [0.29, 0.717) is 11.3 Å². The van der Waals surface area contributed by atoms with Crippen molar-refractivity contribution < 1.29 is 51.3 Å². The minimum Gasteiger partial charge on any atom is -0.466 e. The summed E-state index contributed by atoms with van der Waals surface area (Å²) < 4.78 is 69.1. The second-order valence-electron chi connectivity index (χ2n) is 17.4. The highest BCUT2D eigenvalue weighted by Crippen LogP contribution is 2.67. The molecular formula is C42H59F4NO7. The Morgan fingerprint density at radius 1 is 0.907 bits per heavy atom. The van der Waals surface area contributed by atoms with Crippen LogP contribution in [0.25, 0.3) is 0 Å². The molecule has 8 nitrogen and oxygen atoms in total. The van der Waals surface area contributed by atoms with Crippen LogP contribution < -0.4 is 10.1 Å². The third-order valence-electron chi connectivity index (χ3n) is 13.6. The lowest BCUT2D eigenvalue weighted by Gasteiger charge is -2.58. The van der Waals surface area contributed by atoms with Gasteiger partial charge in [-0.3, -0.25) is 9.59 Å².